The largest absolute Gasteiger partial charge is 0.374 e. The fourth-order valence-corrected chi connectivity index (χ4v) is 5.91. The second-order valence-corrected chi connectivity index (χ2v) is 10.3. The van der Waals surface area contributed by atoms with E-state index in [9.17, 15) is 9.59 Å². The van der Waals surface area contributed by atoms with Gasteiger partial charge in [-0.25, -0.2) is 4.98 Å². The topological polar surface area (TPSA) is 98.4 Å². The summed E-state index contributed by atoms with van der Waals surface area (Å²) in [5.41, 5.74) is 1.58. The molecule has 1 aromatic heterocycles. The van der Waals surface area contributed by atoms with Crippen molar-refractivity contribution in [1.29, 1.82) is 0 Å². The van der Waals surface area contributed by atoms with E-state index in [4.69, 9.17) is 11.6 Å². The molecule has 4 heterocycles. The molecule has 3 aliphatic heterocycles. The standard InChI is InChI=1S/C22H27ClN6O2S/c1-29-7-5-16-19(11-29)32-22(28-16)21(31)27-18-10-24-6-4-15(18)26-20(30)17-9-12-8-13(23)2-3-14(12)25-17/h2-3,8-9,12,14-15,18,24-25H,4-7,10-11H2,1H3,(H,26,30)(H,27,31)/t12?,14?,15-,18+/m0/s1. The lowest BCUT2D eigenvalue weighted by Crippen LogP contribution is -2.60. The van der Waals surface area contributed by atoms with Crippen LogP contribution in [0.1, 0.15) is 26.8 Å². The SMILES string of the molecule is CN1CCc2nc(C(=O)N[C@@H]3CNCC[C@@H]3NC(=O)C3=CC4C=C(Cl)C=CC4N3)sc2C1. The van der Waals surface area contributed by atoms with Crippen LogP contribution in [0.3, 0.4) is 0 Å². The predicted molar refractivity (Wildman–Crippen MR) is 124 cm³/mol. The van der Waals surface area contributed by atoms with Crippen molar-refractivity contribution in [3.05, 3.63) is 50.6 Å². The van der Waals surface area contributed by atoms with Gasteiger partial charge in [-0.2, -0.15) is 0 Å². The Balaban J connectivity index is 1.23. The van der Waals surface area contributed by atoms with Gasteiger partial charge in [0.25, 0.3) is 11.8 Å². The monoisotopic (exact) mass is 474 g/mol. The Labute approximate surface area is 196 Å². The van der Waals surface area contributed by atoms with E-state index in [1.807, 2.05) is 24.3 Å². The van der Waals surface area contributed by atoms with Gasteiger partial charge in [-0.1, -0.05) is 23.8 Å². The second kappa shape index (κ2) is 8.97. The third kappa shape index (κ3) is 4.47. The molecule has 0 saturated carbocycles. The molecule has 0 radical (unpaired) electrons. The van der Waals surface area contributed by atoms with Gasteiger partial charge in [0.1, 0.15) is 0 Å². The van der Waals surface area contributed by atoms with Gasteiger partial charge in [-0.05, 0) is 32.2 Å². The van der Waals surface area contributed by atoms with Gasteiger partial charge in [-0.15, -0.1) is 11.3 Å². The molecule has 2 unspecified atom stereocenters. The van der Waals surface area contributed by atoms with Crippen LogP contribution < -0.4 is 21.3 Å². The summed E-state index contributed by atoms with van der Waals surface area (Å²) in [6.45, 7) is 3.18. The van der Waals surface area contributed by atoms with Crippen LogP contribution in [-0.2, 0) is 17.8 Å². The van der Waals surface area contributed by atoms with Crippen LogP contribution in [0.15, 0.2) is 35.0 Å². The molecule has 170 valence electrons. The third-order valence-electron chi connectivity index (χ3n) is 6.39. The molecule has 4 N–H and O–H groups in total. The molecule has 0 aromatic carbocycles. The van der Waals surface area contributed by atoms with Crippen LogP contribution in [-0.4, -0.2) is 66.5 Å². The van der Waals surface area contributed by atoms with E-state index in [1.165, 1.54) is 16.2 Å². The minimum absolute atomic E-state index is 0.0525. The van der Waals surface area contributed by atoms with E-state index in [0.29, 0.717) is 22.3 Å². The minimum atomic E-state index is -0.206. The van der Waals surface area contributed by atoms with Gasteiger partial charge in [0.2, 0.25) is 0 Å². The number of hydrogen-bond donors (Lipinski definition) is 4. The summed E-state index contributed by atoms with van der Waals surface area (Å²) in [4.78, 5) is 33.8. The summed E-state index contributed by atoms with van der Waals surface area (Å²) < 4.78 is 0. The minimum Gasteiger partial charge on any atom is -0.374 e. The maximum absolute atomic E-state index is 12.9. The number of fused-ring (bicyclic) bond motifs is 2. The normalized spacial score (nSPS) is 29.3. The number of aromatic nitrogens is 1. The van der Waals surface area contributed by atoms with E-state index in [1.54, 1.807) is 0 Å². The van der Waals surface area contributed by atoms with Gasteiger partial charge in [-0.3, -0.25) is 9.59 Å². The molecular formula is C22H27ClN6O2S. The Morgan fingerprint density at radius 2 is 2.09 bits per heavy atom. The molecule has 1 fully saturated rings. The Morgan fingerprint density at radius 3 is 2.97 bits per heavy atom. The number of amides is 2. The van der Waals surface area contributed by atoms with Gasteiger partial charge >= 0.3 is 0 Å². The number of likely N-dealkylation sites (N-methyl/N-ethyl adjacent to an activating group) is 1. The third-order valence-corrected chi connectivity index (χ3v) is 7.72. The summed E-state index contributed by atoms with van der Waals surface area (Å²) in [5, 5.41) is 14.0. The molecule has 4 aliphatic rings. The molecule has 2 amide bonds. The number of hydrogen-bond acceptors (Lipinski definition) is 7. The molecule has 1 saturated heterocycles. The zero-order valence-corrected chi connectivity index (χ0v) is 19.4. The van der Waals surface area contributed by atoms with E-state index < -0.39 is 0 Å². The molecule has 4 atom stereocenters. The van der Waals surface area contributed by atoms with Crippen molar-refractivity contribution >= 4 is 34.8 Å². The second-order valence-electron chi connectivity index (χ2n) is 8.77. The summed E-state index contributed by atoms with van der Waals surface area (Å²) in [6, 6.07) is -0.313. The van der Waals surface area contributed by atoms with Crippen molar-refractivity contribution in [1.82, 2.24) is 31.2 Å². The number of carbonyl (C=O) groups is 2. The average molecular weight is 475 g/mol. The highest BCUT2D eigenvalue weighted by atomic mass is 35.5. The number of allylic oxidation sites excluding steroid dienone is 2. The molecule has 1 aliphatic carbocycles. The molecule has 1 aromatic rings. The maximum Gasteiger partial charge on any atom is 0.280 e. The summed E-state index contributed by atoms with van der Waals surface area (Å²) >= 11 is 7.56. The van der Waals surface area contributed by atoms with E-state index in [0.717, 1.165) is 38.2 Å². The first-order valence-corrected chi connectivity index (χ1v) is 12.2. The van der Waals surface area contributed by atoms with Crippen LogP contribution in [0.5, 0.6) is 0 Å². The number of halogens is 1. The molecular weight excluding hydrogens is 448 g/mol. The fraction of sp³-hybridized carbons (Fsp3) is 0.500. The van der Waals surface area contributed by atoms with E-state index in [2.05, 4.69) is 38.2 Å². The van der Waals surface area contributed by atoms with E-state index >= 15 is 0 Å². The van der Waals surface area contributed by atoms with Crippen molar-refractivity contribution in [2.45, 2.75) is 37.5 Å². The Hall–Kier alpha value is -2.20. The first-order valence-electron chi connectivity index (χ1n) is 11.0. The van der Waals surface area contributed by atoms with Crippen molar-refractivity contribution in [2.24, 2.45) is 5.92 Å². The molecule has 5 rings (SSSR count). The molecule has 0 spiro atoms. The van der Waals surface area contributed by atoms with Gasteiger partial charge in [0.15, 0.2) is 5.01 Å². The van der Waals surface area contributed by atoms with Crippen LogP contribution in [0.2, 0.25) is 0 Å². The first-order chi connectivity index (χ1) is 15.5. The van der Waals surface area contributed by atoms with Crippen molar-refractivity contribution < 1.29 is 9.59 Å². The summed E-state index contributed by atoms with van der Waals surface area (Å²) in [7, 11) is 2.08. The molecule has 32 heavy (non-hydrogen) atoms. The Bertz CT molecular complexity index is 1020. The highest BCUT2D eigenvalue weighted by molar-refractivity contribution is 7.13. The summed E-state index contributed by atoms with van der Waals surface area (Å²) in [5.74, 6) is -0.253. The number of carbonyl (C=O) groups excluding carboxylic acids is 2. The lowest BCUT2D eigenvalue weighted by molar-refractivity contribution is -0.118. The lowest BCUT2D eigenvalue weighted by atomic mass is 9.98. The number of nitrogens with zero attached hydrogens (tertiary/aromatic N) is 2. The van der Waals surface area contributed by atoms with Crippen LogP contribution in [0, 0.1) is 5.92 Å². The number of thiazole rings is 1. The van der Waals surface area contributed by atoms with E-state index in [-0.39, 0.29) is 35.9 Å². The molecule has 10 heteroatoms. The first kappa shape index (κ1) is 21.6. The van der Waals surface area contributed by atoms with Crippen molar-refractivity contribution in [3.63, 3.8) is 0 Å². The smallest absolute Gasteiger partial charge is 0.280 e. The number of piperidine rings is 1. The maximum atomic E-state index is 12.9. The van der Waals surface area contributed by atoms with Crippen LogP contribution in [0.25, 0.3) is 0 Å². The summed E-state index contributed by atoms with van der Waals surface area (Å²) in [6.07, 6.45) is 9.29. The zero-order chi connectivity index (χ0) is 22.2. The predicted octanol–water partition coefficient (Wildman–Crippen LogP) is 0.872. The lowest BCUT2D eigenvalue weighted by Gasteiger charge is -2.33. The quantitative estimate of drug-likeness (QED) is 0.517. The molecule has 0 bridgehead atoms. The van der Waals surface area contributed by atoms with Crippen LogP contribution >= 0.6 is 22.9 Å². The van der Waals surface area contributed by atoms with Gasteiger partial charge in [0.05, 0.1) is 29.5 Å². The zero-order valence-electron chi connectivity index (χ0n) is 17.9. The number of nitrogens with one attached hydrogen (secondary N) is 4. The van der Waals surface area contributed by atoms with Crippen LogP contribution in [0.4, 0.5) is 0 Å². The fourth-order valence-electron chi connectivity index (χ4n) is 4.60. The van der Waals surface area contributed by atoms with Gasteiger partial charge in [0, 0.05) is 41.9 Å². The Kier molecular flexibility index (Phi) is 6.07. The average Bonchev–Trinajstić information content (AvgIpc) is 3.38. The Morgan fingerprint density at radius 1 is 1.25 bits per heavy atom. The highest BCUT2D eigenvalue weighted by Crippen LogP contribution is 2.27. The number of rotatable bonds is 4. The van der Waals surface area contributed by atoms with Crippen molar-refractivity contribution in [2.75, 3.05) is 26.7 Å². The van der Waals surface area contributed by atoms with Crippen molar-refractivity contribution in [3.8, 4) is 0 Å². The molecule has 8 nitrogen and oxygen atoms in total. The highest BCUT2D eigenvalue weighted by Gasteiger charge is 2.33. The van der Waals surface area contributed by atoms with Gasteiger partial charge < -0.3 is 26.2 Å².